The van der Waals surface area contributed by atoms with Gasteiger partial charge in [-0.15, -0.1) is 0 Å². The minimum atomic E-state index is -0.673. The minimum absolute atomic E-state index is 0.0272. The molecular formula is C24H29N5O4S. The highest BCUT2D eigenvalue weighted by Gasteiger charge is 2.24. The number of nitrogens with two attached hydrogens (primary N) is 1. The highest BCUT2D eigenvalue weighted by atomic mass is 32.2. The molecule has 0 bridgehead atoms. The summed E-state index contributed by atoms with van der Waals surface area (Å²) < 4.78 is 10.1. The average molecular weight is 484 g/mol. The summed E-state index contributed by atoms with van der Waals surface area (Å²) in [5.41, 5.74) is 6.73. The lowest BCUT2D eigenvalue weighted by molar-refractivity contribution is 0.0954. The zero-order valence-corrected chi connectivity index (χ0v) is 20.2. The van der Waals surface area contributed by atoms with Crippen molar-refractivity contribution in [3.8, 4) is 11.3 Å². The van der Waals surface area contributed by atoms with Crippen LogP contribution >= 0.6 is 11.8 Å². The van der Waals surface area contributed by atoms with Gasteiger partial charge in [0.05, 0.1) is 30.3 Å². The number of ketones is 1. The number of nitrogens with zero attached hydrogens (tertiary/aromatic N) is 4. The monoisotopic (exact) mass is 483 g/mol. The van der Waals surface area contributed by atoms with Gasteiger partial charge in [-0.05, 0) is 24.8 Å². The molecule has 1 fully saturated rings. The molecule has 2 N–H and O–H groups in total. The van der Waals surface area contributed by atoms with Crippen LogP contribution in [-0.2, 0) is 24.9 Å². The number of imidazole rings is 1. The van der Waals surface area contributed by atoms with Crippen LogP contribution in [-0.4, -0.2) is 42.9 Å². The first-order valence-electron chi connectivity index (χ1n) is 11.4. The molecule has 0 radical (unpaired) electrons. The first-order valence-corrected chi connectivity index (χ1v) is 12.4. The molecule has 4 rings (SSSR count). The van der Waals surface area contributed by atoms with Crippen LogP contribution in [0, 0.1) is 0 Å². The Hall–Kier alpha value is -3.11. The molecule has 10 heteroatoms. The molecule has 2 aromatic heterocycles. The van der Waals surface area contributed by atoms with Gasteiger partial charge in [0.2, 0.25) is 0 Å². The molecule has 3 aromatic rings. The summed E-state index contributed by atoms with van der Waals surface area (Å²) in [6.45, 7) is 3.61. The Kier molecular flexibility index (Phi) is 7.38. The second-order valence-corrected chi connectivity index (χ2v) is 9.25. The van der Waals surface area contributed by atoms with Crippen LogP contribution in [0.5, 0.6) is 0 Å². The van der Waals surface area contributed by atoms with E-state index in [2.05, 4.69) is 9.55 Å². The third-order valence-electron chi connectivity index (χ3n) is 5.94. The van der Waals surface area contributed by atoms with Crippen molar-refractivity contribution < 1.29 is 9.53 Å². The molecule has 3 heterocycles. The molecule has 9 nitrogen and oxygen atoms in total. The molecule has 0 saturated carbocycles. The lowest BCUT2D eigenvalue weighted by Crippen LogP contribution is -2.42. The van der Waals surface area contributed by atoms with Gasteiger partial charge in [0.15, 0.2) is 10.9 Å². The zero-order chi connectivity index (χ0) is 24.2. The lowest BCUT2D eigenvalue weighted by atomic mass is 10.1. The number of carbonyl (C=O) groups excluding carboxylic acids is 1. The summed E-state index contributed by atoms with van der Waals surface area (Å²) in [6, 6.07) is 9.94. The number of nitrogen functional groups attached to an aromatic ring is 1. The fraction of sp³-hybridized carbons (Fsp3) is 0.417. The number of hydrogen-bond acceptors (Lipinski definition) is 7. The highest BCUT2D eigenvalue weighted by molar-refractivity contribution is 7.99. The predicted molar refractivity (Wildman–Crippen MR) is 132 cm³/mol. The predicted octanol–water partition coefficient (Wildman–Crippen LogP) is 2.56. The van der Waals surface area contributed by atoms with Gasteiger partial charge >= 0.3 is 5.69 Å². The smallest absolute Gasteiger partial charge is 0.332 e. The average Bonchev–Trinajstić information content (AvgIpc) is 3.50. The van der Waals surface area contributed by atoms with Gasteiger partial charge in [-0.3, -0.25) is 18.7 Å². The van der Waals surface area contributed by atoms with E-state index in [1.165, 1.54) is 23.4 Å². The van der Waals surface area contributed by atoms with E-state index in [1.807, 2.05) is 37.3 Å². The normalized spacial score (nSPS) is 15.6. The highest BCUT2D eigenvalue weighted by Crippen LogP contribution is 2.28. The summed E-state index contributed by atoms with van der Waals surface area (Å²) in [7, 11) is 1.36. The number of anilines is 1. The van der Waals surface area contributed by atoms with Crippen LogP contribution in [0.2, 0.25) is 0 Å². The molecule has 180 valence electrons. The molecule has 34 heavy (non-hydrogen) atoms. The molecule has 1 atom stereocenters. The summed E-state index contributed by atoms with van der Waals surface area (Å²) in [5, 5.41) is 0.667. The number of ether oxygens (including phenoxy) is 1. The van der Waals surface area contributed by atoms with E-state index in [-0.39, 0.29) is 23.2 Å². The van der Waals surface area contributed by atoms with Gasteiger partial charge in [-0.25, -0.2) is 9.78 Å². The van der Waals surface area contributed by atoms with Crippen LogP contribution in [0.3, 0.4) is 0 Å². The largest absolute Gasteiger partial charge is 0.384 e. The molecule has 1 unspecified atom stereocenters. The van der Waals surface area contributed by atoms with Gasteiger partial charge in [0.25, 0.3) is 5.56 Å². The number of carbonyl (C=O) groups is 1. The minimum Gasteiger partial charge on any atom is -0.384 e. The van der Waals surface area contributed by atoms with Crippen molar-refractivity contribution in [1.29, 1.82) is 0 Å². The van der Waals surface area contributed by atoms with Crippen LogP contribution in [0.4, 0.5) is 5.82 Å². The van der Waals surface area contributed by atoms with Crippen LogP contribution in [0.1, 0.15) is 36.5 Å². The van der Waals surface area contributed by atoms with Crippen molar-refractivity contribution in [2.24, 2.45) is 7.05 Å². The quantitative estimate of drug-likeness (QED) is 0.367. The Morgan fingerprint density at radius 3 is 2.68 bits per heavy atom. The first-order chi connectivity index (χ1) is 16.4. The molecule has 1 aliphatic heterocycles. The van der Waals surface area contributed by atoms with Crippen molar-refractivity contribution >= 4 is 23.4 Å². The fourth-order valence-electron chi connectivity index (χ4n) is 4.17. The van der Waals surface area contributed by atoms with E-state index in [0.717, 1.165) is 35.3 Å². The number of aromatic nitrogens is 4. The van der Waals surface area contributed by atoms with Crippen molar-refractivity contribution in [2.75, 3.05) is 18.1 Å². The Morgan fingerprint density at radius 2 is 2.00 bits per heavy atom. The van der Waals surface area contributed by atoms with E-state index in [1.54, 1.807) is 6.20 Å². The van der Waals surface area contributed by atoms with E-state index < -0.39 is 17.0 Å². The number of Topliss-reactive ketones (excluding diaryl/α,β-unsaturated/α-hetero) is 1. The Bertz CT molecular complexity index is 1290. The molecule has 1 aromatic carbocycles. The lowest BCUT2D eigenvalue weighted by Gasteiger charge is -2.16. The van der Waals surface area contributed by atoms with E-state index in [0.29, 0.717) is 24.7 Å². The Balaban J connectivity index is 1.63. The van der Waals surface area contributed by atoms with E-state index in [4.69, 9.17) is 10.5 Å². The van der Waals surface area contributed by atoms with E-state index >= 15 is 0 Å². The standard InChI is InChI=1S/C24H29N5O4S/c1-3-11-28-21(25)20(22(31)27(2)24(28)32)19(30)15-34-23-26-13-18(16-8-5-4-6-9-16)29(23)14-17-10-7-12-33-17/h4-6,8-9,13,17H,3,7,10-12,14-15,25H2,1-2H3. The molecule has 0 amide bonds. The second-order valence-electron chi connectivity index (χ2n) is 8.31. The molecular weight excluding hydrogens is 454 g/mol. The number of thioether (sulfide) groups is 1. The van der Waals surface area contributed by atoms with Crippen molar-refractivity contribution in [3.05, 3.63) is 62.9 Å². The van der Waals surface area contributed by atoms with Gasteiger partial charge in [-0.2, -0.15) is 0 Å². The van der Waals surface area contributed by atoms with Crippen molar-refractivity contribution in [1.82, 2.24) is 18.7 Å². The van der Waals surface area contributed by atoms with Crippen LogP contribution < -0.4 is 17.0 Å². The summed E-state index contributed by atoms with van der Waals surface area (Å²) >= 11 is 1.25. The summed E-state index contributed by atoms with van der Waals surface area (Å²) in [6.07, 6.45) is 4.53. The maximum Gasteiger partial charge on any atom is 0.332 e. The van der Waals surface area contributed by atoms with Gasteiger partial charge in [0.1, 0.15) is 11.4 Å². The molecule has 0 aliphatic carbocycles. The maximum absolute atomic E-state index is 13.1. The van der Waals surface area contributed by atoms with Crippen LogP contribution in [0.15, 0.2) is 51.3 Å². The Morgan fingerprint density at radius 1 is 1.24 bits per heavy atom. The van der Waals surface area contributed by atoms with Crippen LogP contribution in [0.25, 0.3) is 11.3 Å². The number of rotatable bonds is 9. The van der Waals surface area contributed by atoms with Gasteiger partial charge in [-0.1, -0.05) is 49.0 Å². The SMILES string of the molecule is CCCn1c(N)c(C(=O)CSc2ncc(-c3ccccc3)n2CC2CCCO2)c(=O)n(C)c1=O. The zero-order valence-electron chi connectivity index (χ0n) is 19.4. The third-order valence-corrected chi connectivity index (χ3v) is 6.93. The third kappa shape index (κ3) is 4.74. The van der Waals surface area contributed by atoms with Gasteiger partial charge < -0.3 is 15.0 Å². The molecule has 1 aliphatic rings. The maximum atomic E-state index is 13.1. The summed E-state index contributed by atoms with van der Waals surface area (Å²) in [5.74, 6) is -0.533. The van der Waals surface area contributed by atoms with E-state index in [9.17, 15) is 14.4 Å². The second kappa shape index (κ2) is 10.4. The number of hydrogen-bond donors (Lipinski definition) is 1. The Labute approximate surface area is 201 Å². The fourth-order valence-corrected chi connectivity index (χ4v) is 5.03. The number of benzene rings is 1. The van der Waals surface area contributed by atoms with Gasteiger partial charge in [0, 0.05) is 20.2 Å². The molecule has 1 saturated heterocycles. The molecule has 0 spiro atoms. The van der Waals surface area contributed by atoms with Crippen molar-refractivity contribution in [2.45, 2.75) is 50.5 Å². The van der Waals surface area contributed by atoms with Crippen molar-refractivity contribution in [3.63, 3.8) is 0 Å². The first kappa shape index (κ1) is 24.0. The topological polar surface area (TPSA) is 114 Å². The summed E-state index contributed by atoms with van der Waals surface area (Å²) in [4.78, 5) is 42.8.